The van der Waals surface area contributed by atoms with Gasteiger partial charge in [0.1, 0.15) is 5.78 Å². The van der Waals surface area contributed by atoms with Crippen LogP contribution in [-0.4, -0.2) is 23.8 Å². The van der Waals surface area contributed by atoms with E-state index in [-0.39, 0.29) is 18.1 Å². The van der Waals surface area contributed by atoms with Crippen LogP contribution >= 0.6 is 22.6 Å². The summed E-state index contributed by atoms with van der Waals surface area (Å²) in [7, 11) is 0. The second-order valence-corrected chi connectivity index (χ2v) is 8.06. The third kappa shape index (κ3) is 2.74. The van der Waals surface area contributed by atoms with Crippen molar-refractivity contribution in [3.05, 3.63) is 33.4 Å². The summed E-state index contributed by atoms with van der Waals surface area (Å²) in [6.45, 7) is 0. The van der Waals surface area contributed by atoms with Gasteiger partial charge in [-0.15, -0.1) is 0 Å². The lowest BCUT2D eigenvalue weighted by Crippen LogP contribution is -2.37. The third-order valence-corrected chi connectivity index (χ3v) is 5.99. The van der Waals surface area contributed by atoms with Crippen molar-refractivity contribution in [3.8, 4) is 0 Å². The number of fused-ring (bicyclic) bond motifs is 1. The molecule has 3 atom stereocenters. The van der Waals surface area contributed by atoms with Crippen molar-refractivity contribution < 1.29 is 14.3 Å². The van der Waals surface area contributed by atoms with E-state index in [1.54, 1.807) is 0 Å². The fraction of sp³-hybridized carbons (Fsp3) is 0.611. The Balaban J connectivity index is 1.62. The van der Waals surface area contributed by atoms with Gasteiger partial charge in [0, 0.05) is 35.2 Å². The number of benzene rings is 1. The molecule has 2 aliphatic carbocycles. The summed E-state index contributed by atoms with van der Waals surface area (Å²) in [6.07, 6.45) is 6.65. The number of hydrogen-bond donors (Lipinski definition) is 0. The zero-order valence-electron chi connectivity index (χ0n) is 12.6. The van der Waals surface area contributed by atoms with Crippen LogP contribution in [0.5, 0.6) is 0 Å². The van der Waals surface area contributed by atoms with Gasteiger partial charge in [-0.05, 0) is 53.1 Å². The molecule has 0 unspecified atom stereocenters. The van der Waals surface area contributed by atoms with Crippen molar-refractivity contribution in [2.45, 2.75) is 68.9 Å². The molecule has 1 aromatic carbocycles. The summed E-state index contributed by atoms with van der Waals surface area (Å²) >= 11 is 2.31. The largest absolute Gasteiger partial charge is 0.343 e. The molecule has 0 N–H and O–H groups in total. The van der Waals surface area contributed by atoms with Gasteiger partial charge in [-0.1, -0.05) is 18.6 Å². The second kappa shape index (κ2) is 5.87. The van der Waals surface area contributed by atoms with Gasteiger partial charge < -0.3 is 9.47 Å². The lowest BCUT2D eigenvalue weighted by molar-refractivity contribution is -0.194. The van der Waals surface area contributed by atoms with E-state index < -0.39 is 5.79 Å². The summed E-state index contributed by atoms with van der Waals surface area (Å²) in [4.78, 5) is 12.2. The van der Waals surface area contributed by atoms with Crippen molar-refractivity contribution in [1.82, 2.24) is 0 Å². The van der Waals surface area contributed by atoms with Crippen molar-refractivity contribution in [3.63, 3.8) is 0 Å². The first kappa shape index (κ1) is 15.1. The molecule has 1 heterocycles. The summed E-state index contributed by atoms with van der Waals surface area (Å²) in [5, 5.41) is 0. The molecule has 3 aliphatic rings. The normalized spacial score (nSPS) is 33.9. The molecular weight excluding hydrogens is 391 g/mol. The predicted octanol–water partition coefficient (Wildman–Crippen LogP) is 4.18. The molecule has 1 spiro atoms. The van der Waals surface area contributed by atoms with Gasteiger partial charge in [-0.2, -0.15) is 0 Å². The molecule has 4 rings (SSSR count). The van der Waals surface area contributed by atoms with Crippen LogP contribution in [0.1, 0.15) is 56.4 Å². The van der Waals surface area contributed by atoms with E-state index >= 15 is 0 Å². The molecule has 0 radical (unpaired) electrons. The van der Waals surface area contributed by atoms with Crippen molar-refractivity contribution >= 4 is 28.4 Å². The molecule has 22 heavy (non-hydrogen) atoms. The number of carbonyl (C=O) groups excluding carboxylic acids is 1. The molecular formula is C18H21IO3. The Kier molecular flexibility index (Phi) is 4.03. The monoisotopic (exact) mass is 412 g/mol. The Morgan fingerprint density at radius 2 is 1.73 bits per heavy atom. The maximum absolute atomic E-state index is 12.2. The smallest absolute Gasteiger partial charge is 0.169 e. The van der Waals surface area contributed by atoms with E-state index in [1.807, 2.05) is 0 Å². The molecule has 3 nitrogen and oxygen atoms in total. The number of carbonyl (C=O) groups is 1. The van der Waals surface area contributed by atoms with Crippen LogP contribution in [0.2, 0.25) is 0 Å². The van der Waals surface area contributed by atoms with E-state index in [4.69, 9.17) is 9.47 Å². The SMILES string of the molecule is O=C1C[C@H]2OC3(CCCCC3)O[C@H]2[C@H](c2ccc(I)cc2)C1. The van der Waals surface area contributed by atoms with Crippen LogP contribution in [0.3, 0.4) is 0 Å². The number of rotatable bonds is 1. The van der Waals surface area contributed by atoms with Gasteiger partial charge in [0.25, 0.3) is 0 Å². The Hall–Kier alpha value is -0.460. The first-order chi connectivity index (χ1) is 10.7. The Morgan fingerprint density at radius 1 is 1.00 bits per heavy atom. The van der Waals surface area contributed by atoms with Gasteiger partial charge in [0.05, 0.1) is 12.2 Å². The molecule has 0 aromatic heterocycles. The van der Waals surface area contributed by atoms with Gasteiger partial charge in [-0.25, -0.2) is 0 Å². The molecule has 0 amide bonds. The third-order valence-electron chi connectivity index (χ3n) is 5.27. The highest BCUT2D eigenvalue weighted by Gasteiger charge is 2.53. The Labute approximate surface area is 144 Å². The zero-order chi connectivity index (χ0) is 15.2. The summed E-state index contributed by atoms with van der Waals surface area (Å²) in [5.41, 5.74) is 1.21. The summed E-state index contributed by atoms with van der Waals surface area (Å²) in [6, 6.07) is 8.49. The highest BCUT2D eigenvalue weighted by atomic mass is 127. The lowest BCUT2D eigenvalue weighted by Gasteiger charge is -2.33. The van der Waals surface area contributed by atoms with E-state index in [1.165, 1.54) is 28.4 Å². The standard InChI is InChI=1S/C18H21IO3/c19-13-6-4-12(5-7-13)15-10-14(20)11-16-17(15)22-18(21-16)8-2-1-3-9-18/h4-7,15-17H,1-3,8-11H2/t15-,16+,17-/m0/s1. The Bertz CT molecular complexity index is 562. The molecule has 3 fully saturated rings. The van der Waals surface area contributed by atoms with E-state index in [9.17, 15) is 4.79 Å². The number of halogens is 1. The number of Topliss-reactive ketones (excluding diaryl/α,β-unsaturated/α-hetero) is 1. The Morgan fingerprint density at radius 3 is 2.45 bits per heavy atom. The number of hydrogen-bond acceptors (Lipinski definition) is 3. The average Bonchev–Trinajstić information content (AvgIpc) is 2.85. The summed E-state index contributed by atoms with van der Waals surface area (Å²) in [5.74, 6) is 0.0467. The summed E-state index contributed by atoms with van der Waals surface area (Å²) < 4.78 is 14.0. The lowest BCUT2D eigenvalue weighted by atomic mass is 9.79. The molecule has 1 aliphatic heterocycles. The highest BCUT2D eigenvalue weighted by molar-refractivity contribution is 14.1. The van der Waals surface area contributed by atoms with Crippen LogP contribution < -0.4 is 0 Å². The zero-order valence-corrected chi connectivity index (χ0v) is 14.8. The van der Waals surface area contributed by atoms with Crippen LogP contribution in [0.15, 0.2) is 24.3 Å². The topological polar surface area (TPSA) is 35.5 Å². The fourth-order valence-electron chi connectivity index (χ4n) is 4.21. The number of ether oxygens (including phenoxy) is 2. The average molecular weight is 412 g/mol. The molecule has 4 heteroatoms. The second-order valence-electron chi connectivity index (χ2n) is 6.82. The van der Waals surface area contributed by atoms with Crippen LogP contribution in [0.25, 0.3) is 0 Å². The van der Waals surface area contributed by atoms with Gasteiger partial charge in [0.15, 0.2) is 5.79 Å². The minimum Gasteiger partial charge on any atom is -0.343 e. The molecule has 1 saturated heterocycles. The molecule has 1 aromatic rings. The van der Waals surface area contributed by atoms with Gasteiger partial charge in [0.2, 0.25) is 0 Å². The van der Waals surface area contributed by atoms with Crippen LogP contribution in [0.4, 0.5) is 0 Å². The van der Waals surface area contributed by atoms with Crippen LogP contribution in [-0.2, 0) is 14.3 Å². The van der Waals surface area contributed by atoms with Gasteiger partial charge in [-0.3, -0.25) is 4.79 Å². The van der Waals surface area contributed by atoms with E-state index in [2.05, 4.69) is 46.9 Å². The number of ketones is 1. The quantitative estimate of drug-likeness (QED) is 0.650. The maximum atomic E-state index is 12.2. The van der Waals surface area contributed by atoms with Crippen LogP contribution in [0, 0.1) is 3.57 Å². The minimum absolute atomic E-state index is 0.0378. The minimum atomic E-state index is -0.403. The van der Waals surface area contributed by atoms with Crippen molar-refractivity contribution in [2.75, 3.05) is 0 Å². The van der Waals surface area contributed by atoms with Crippen molar-refractivity contribution in [2.24, 2.45) is 0 Å². The van der Waals surface area contributed by atoms with Crippen molar-refractivity contribution in [1.29, 1.82) is 0 Å². The first-order valence-corrected chi connectivity index (χ1v) is 9.36. The molecule has 118 valence electrons. The fourth-order valence-corrected chi connectivity index (χ4v) is 4.57. The first-order valence-electron chi connectivity index (χ1n) is 8.28. The maximum Gasteiger partial charge on any atom is 0.169 e. The molecule has 2 saturated carbocycles. The predicted molar refractivity (Wildman–Crippen MR) is 91.7 cm³/mol. The highest BCUT2D eigenvalue weighted by Crippen LogP contribution is 2.48. The van der Waals surface area contributed by atoms with E-state index in [0.29, 0.717) is 18.6 Å². The van der Waals surface area contributed by atoms with E-state index in [0.717, 1.165) is 12.8 Å². The molecule has 0 bridgehead atoms. The van der Waals surface area contributed by atoms with Gasteiger partial charge >= 0.3 is 0 Å².